The number of pyridine rings is 1. The number of benzene rings is 3. The third kappa shape index (κ3) is 5.93. The number of para-hydroxylation sites is 1. The van der Waals surface area contributed by atoms with Crippen LogP contribution in [0.2, 0.25) is 5.02 Å². The van der Waals surface area contributed by atoms with Gasteiger partial charge in [-0.05, 0) is 55.5 Å². The Labute approximate surface area is 196 Å². The molecule has 168 valence electrons. The Bertz CT molecular complexity index is 1260. The summed E-state index contributed by atoms with van der Waals surface area (Å²) in [6, 6.07) is 24.2. The number of aromatic nitrogens is 1. The van der Waals surface area contributed by atoms with E-state index in [2.05, 4.69) is 4.98 Å². The van der Waals surface area contributed by atoms with Gasteiger partial charge in [-0.2, -0.15) is 0 Å². The number of aliphatic carboxylic acids is 1. The van der Waals surface area contributed by atoms with Gasteiger partial charge >= 0.3 is 5.97 Å². The number of nitrogens with zero attached hydrogens (tertiary/aromatic N) is 1. The molecule has 0 aliphatic carbocycles. The molecule has 6 nitrogen and oxygen atoms in total. The zero-order chi connectivity index (χ0) is 23.2. The minimum atomic E-state index is -1.06. The maximum atomic E-state index is 11.1. The second kappa shape index (κ2) is 10.2. The van der Waals surface area contributed by atoms with E-state index >= 15 is 0 Å². The van der Waals surface area contributed by atoms with Gasteiger partial charge in [0, 0.05) is 16.0 Å². The minimum absolute atomic E-state index is 0.194. The third-order valence-corrected chi connectivity index (χ3v) is 5.18. The van der Waals surface area contributed by atoms with Crippen LogP contribution in [0.15, 0.2) is 78.9 Å². The first-order valence-electron chi connectivity index (χ1n) is 10.4. The van der Waals surface area contributed by atoms with Gasteiger partial charge in [0.25, 0.3) is 0 Å². The Morgan fingerprint density at radius 1 is 0.939 bits per heavy atom. The predicted molar refractivity (Wildman–Crippen MR) is 126 cm³/mol. The van der Waals surface area contributed by atoms with Crippen LogP contribution in [0.4, 0.5) is 0 Å². The molecule has 0 aliphatic rings. The van der Waals surface area contributed by atoms with Crippen molar-refractivity contribution < 1.29 is 24.1 Å². The SMILES string of the molecule is CC(Oc1cc(Cl)ccc1COc1ccc(OCc2ccc3ccccc3n2)cc1)C(=O)O. The van der Waals surface area contributed by atoms with E-state index in [1.165, 1.54) is 6.92 Å². The van der Waals surface area contributed by atoms with Crippen molar-refractivity contribution in [1.29, 1.82) is 0 Å². The first-order chi connectivity index (χ1) is 16.0. The van der Waals surface area contributed by atoms with Crippen LogP contribution < -0.4 is 14.2 Å². The van der Waals surface area contributed by atoms with Crippen LogP contribution in [0, 0.1) is 0 Å². The van der Waals surface area contributed by atoms with Crippen molar-refractivity contribution in [3.05, 3.63) is 95.1 Å². The molecule has 0 saturated heterocycles. The lowest BCUT2D eigenvalue weighted by atomic mass is 10.2. The molecule has 0 bridgehead atoms. The molecule has 0 amide bonds. The topological polar surface area (TPSA) is 77.9 Å². The molecule has 4 rings (SSSR count). The quantitative estimate of drug-likeness (QED) is 0.333. The molecule has 0 spiro atoms. The number of halogens is 1. The Morgan fingerprint density at radius 2 is 1.64 bits per heavy atom. The molecule has 1 heterocycles. The third-order valence-electron chi connectivity index (χ3n) is 4.94. The summed E-state index contributed by atoms with van der Waals surface area (Å²) in [6.07, 6.45) is -1.00. The van der Waals surface area contributed by atoms with Crippen LogP contribution in [-0.2, 0) is 18.0 Å². The van der Waals surface area contributed by atoms with Crippen LogP contribution in [0.25, 0.3) is 10.9 Å². The summed E-state index contributed by atoms with van der Waals surface area (Å²) in [4.78, 5) is 15.7. The number of hydrogen-bond donors (Lipinski definition) is 1. The Hall–Kier alpha value is -3.77. The molecule has 33 heavy (non-hydrogen) atoms. The van der Waals surface area contributed by atoms with Crippen molar-refractivity contribution in [3.63, 3.8) is 0 Å². The molecule has 1 N–H and O–H groups in total. The van der Waals surface area contributed by atoms with Gasteiger partial charge in [0.05, 0.1) is 11.2 Å². The highest BCUT2D eigenvalue weighted by atomic mass is 35.5. The maximum absolute atomic E-state index is 11.1. The zero-order valence-electron chi connectivity index (χ0n) is 17.9. The standard InChI is InChI=1S/C26H22ClNO5/c1-17(26(29)30)33-25-14-20(27)8-6-19(25)15-31-22-10-12-23(13-11-22)32-16-21-9-7-18-4-2-3-5-24(18)28-21/h2-14,17H,15-16H2,1H3,(H,29,30). The smallest absolute Gasteiger partial charge is 0.344 e. The van der Waals surface area contributed by atoms with Crippen LogP contribution >= 0.6 is 11.6 Å². The fraction of sp³-hybridized carbons (Fsp3) is 0.154. The van der Waals surface area contributed by atoms with Gasteiger partial charge in [0.15, 0.2) is 6.10 Å². The molecule has 1 aromatic heterocycles. The van der Waals surface area contributed by atoms with Crippen LogP contribution in [-0.4, -0.2) is 22.2 Å². The molecule has 1 atom stereocenters. The molecule has 1 unspecified atom stereocenters. The van der Waals surface area contributed by atoms with Crippen molar-refractivity contribution in [2.24, 2.45) is 0 Å². The number of carboxylic acids is 1. The molecule has 0 aliphatic heterocycles. The number of hydrogen-bond acceptors (Lipinski definition) is 5. The van der Waals surface area contributed by atoms with E-state index in [1.807, 2.05) is 48.5 Å². The monoisotopic (exact) mass is 463 g/mol. The van der Waals surface area contributed by atoms with E-state index in [0.717, 1.165) is 16.6 Å². The molecule has 4 aromatic rings. The summed E-state index contributed by atoms with van der Waals surface area (Å²) in [5, 5.41) is 10.6. The predicted octanol–water partition coefficient (Wildman–Crippen LogP) is 5.90. The summed E-state index contributed by atoms with van der Waals surface area (Å²) in [7, 11) is 0. The lowest BCUT2D eigenvalue weighted by Crippen LogP contribution is -2.23. The Balaban J connectivity index is 1.35. The number of carbonyl (C=O) groups is 1. The second-order valence-electron chi connectivity index (χ2n) is 7.39. The van der Waals surface area contributed by atoms with Gasteiger partial charge in [-0.15, -0.1) is 0 Å². The summed E-state index contributed by atoms with van der Waals surface area (Å²) in [5.41, 5.74) is 2.47. The summed E-state index contributed by atoms with van der Waals surface area (Å²) in [5.74, 6) is 0.651. The van der Waals surface area contributed by atoms with Crippen molar-refractivity contribution in [2.75, 3.05) is 0 Å². The van der Waals surface area contributed by atoms with Gasteiger partial charge in [0.2, 0.25) is 0 Å². The average Bonchev–Trinajstić information content (AvgIpc) is 2.82. The van der Waals surface area contributed by atoms with Crippen molar-refractivity contribution in [2.45, 2.75) is 26.2 Å². The summed E-state index contributed by atoms with van der Waals surface area (Å²) in [6.45, 7) is 2.01. The fourth-order valence-electron chi connectivity index (χ4n) is 3.14. The largest absolute Gasteiger partial charge is 0.489 e. The highest BCUT2D eigenvalue weighted by Gasteiger charge is 2.15. The zero-order valence-corrected chi connectivity index (χ0v) is 18.7. The molecule has 0 radical (unpaired) electrons. The molecule has 0 fully saturated rings. The number of carboxylic acid groups (broad SMARTS) is 1. The van der Waals surface area contributed by atoms with E-state index in [0.29, 0.717) is 34.4 Å². The second-order valence-corrected chi connectivity index (χ2v) is 7.83. The van der Waals surface area contributed by atoms with Crippen LogP contribution in [0.3, 0.4) is 0 Å². The highest BCUT2D eigenvalue weighted by molar-refractivity contribution is 6.30. The number of fused-ring (bicyclic) bond motifs is 1. The van der Waals surface area contributed by atoms with E-state index in [1.54, 1.807) is 30.3 Å². The van der Waals surface area contributed by atoms with Crippen LogP contribution in [0.1, 0.15) is 18.2 Å². The molecule has 3 aromatic carbocycles. The van der Waals surface area contributed by atoms with Crippen molar-refractivity contribution in [1.82, 2.24) is 4.98 Å². The normalized spacial score (nSPS) is 11.7. The highest BCUT2D eigenvalue weighted by Crippen LogP contribution is 2.27. The molecular weight excluding hydrogens is 442 g/mol. The van der Waals surface area contributed by atoms with Gasteiger partial charge in [0.1, 0.15) is 30.5 Å². The summed E-state index contributed by atoms with van der Waals surface area (Å²) < 4.78 is 17.2. The van der Waals surface area contributed by atoms with Crippen LogP contribution in [0.5, 0.6) is 17.2 Å². The van der Waals surface area contributed by atoms with E-state index < -0.39 is 12.1 Å². The molecule has 0 saturated carbocycles. The minimum Gasteiger partial charge on any atom is -0.489 e. The summed E-state index contributed by atoms with van der Waals surface area (Å²) >= 11 is 6.03. The Kier molecular flexibility index (Phi) is 6.95. The lowest BCUT2D eigenvalue weighted by Gasteiger charge is -2.15. The first kappa shape index (κ1) is 22.4. The van der Waals surface area contributed by atoms with E-state index in [-0.39, 0.29) is 6.61 Å². The van der Waals surface area contributed by atoms with Crippen molar-refractivity contribution in [3.8, 4) is 17.2 Å². The fourth-order valence-corrected chi connectivity index (χ4v) is 3.30. The van der Waals surface area contributed by atoms with Gasteiger partial charge in [-0.1, -0.05) is 41.9 Å². The maximum Gasteiger partial charge on any atom is 0.344 e. The van der Waals surface area contributed by atoms with E-state index in [9.17, 15) is 4.79 Å². The first-order valence-corrected chi connectivity index (χ1v) is 10.7. The van der Waals surface area contributed by atoms with Gasteiger partial charge < -0.3 is 19.3 Å². The average molecular weight is 464 g/mol. The number of ether oxygens (including phenoxy) is 3. The lowest BCUT2D eigenvalue weighted by molar-refractivity contribution is -0.144. The molecular formula is C26H22ClNO5. The van der Waals surface area contributed by atoms with Gasteiger partial charge in [-0.25, -0.2) is 9.78 Å². The van der Waals surface area contributed by atoms with Gasteiger partial charge in [-0.3, -0.25) is 0 Å². The molecule has 7 heteroatoms. The Morgan fingerprint density at radius 3 is 2.36 bits per heavy atom. The van der Waals surface area contributed by atoms with E-state index in [4.69, 9.17) is 30.9 Å². The van der Waals surface area contributed by atoms with Crippen molar-refractivity contribution >= 4 is 28.5 Å². The number of rotatable bonds is 9.